The van der Waals surface area contributed by atoms with Gasteiger partial charge >= 0.3 is 5.97 Å². The predicted octanol–water partition coefficient (Wildman–Crippen LogP) is 4.52. The van der Waals surface area contributed by atoms with E-state index in [0.29, 0.717) is 16.9 Å². The summed E-state index contributed by atoms with van der Waals surface area (Å²) < 4.78 is 16.9. The normalized spacial score (nSPS) is 19.6. The van der Waals surface area contributed by atoms with Gasteiger partial charge in [-0.05, 0) is 43.7 Å². The molecular weight excluding hydrogens is 408 g/mol. The van der Waals surface area contributed by atoms with Gasteiger partial charge in [0, 0.05) is 36.2 Å². The van der Waals surface area contributed by atoms with E-state index in [9.17, 15) is 25.0 Å². The van der Waals surface area contributed by atoms with Crippen LogP contribution in [-0.4, -0.2) is 21.9 Å². The van der Waals surface area contributed by atoms with Gasteiger partial charge in [0.05, 0.1) is 28.1 Å². The van der Waals surface area contributed by atoms with Gasteiger partial charge in [0.15, 0.2) is 0 Å². The Morgan fingerprint density at radius 3 is 2.00 bits per heavy atom. The molecule has 1 heterocycles. The summed E-state index contributed by atoms with van der Waals surface area (Å²) in [5.41, 5.74) is 1.03. The highest BCUT2D eigenvalue weighted by atomic mass is 16.7. The molecule has 0 aromatic heterocycles. The minimum Gasteiger partial charge on any atom is -0.465 e. The largest absolute Gasteiger partial charge is 0.465 e. The van der Waals surface area contributed by atoms with Crippen LogP contribution in [-0.2, 0) is 19.0 Å². The minimum atomic E-state index is -0.937. The van der Waals surface area contributed by atoms with Crippen molar-refractivity contribution < 1.29 is 28.9 Å². The molecule has 31 heavy (non-hydrogen) atoms. The molecule has 2 aromatic carbocycles. The zero-order chi connectivity index (χ0) is 22.5. The van der Waals surface area contributed by atoms with Crippen LogP contribution in [0.15, 0.2) is 60.4 Å². The topological polar surface area (TPSA) is 131 Å². The zero-order valence-corrected chi connectivity index (χ0v) is 16.8. The maximum absolute atomic E-state index is 12.1. The molecule has 0 aliphatic carbocycles. The number of esters is 1. The van der Waals surface area contributed by atoms with Gasteiger partial charge < -0.3 is 14.2 Å². The second-order valence-corrected chi connectivity index (χ2v) is 7.07. The lowest BCUT2D eigenvalue weighted by Gasteiger charge is -2.33. The van der Waals surface area contributed by atoms with E-state index in [1.54, 1.807) is 26.0 Å². The van der Waals surface area contributed by atoms with Crippen molar-refractivity contribution in [3.8, 4) is 0 Å². The maximum atomic E-state index is 12.1. The fourth-order valence-corrected chi connectivity index (χ4v) is 2.99. The highest BCUT2D eigenvalue weighted by molar-refractivity contribution is 5.82. The molecule has 0 unspecified atom stereocenters. The van der Waals surface area contributed by atoms with Gasteiger partial charge in [0.2, 0.25) is 6.29 Å². The number of nitro groups is 2. The van der Waals surface area contributed by atoms with Gasteiger partial charge in [0.1, 0.15) is 5.76 Å². The molecule has 0 radical (unpaired) electrons. The number of hydrogen-bond acceptors (Lipinski definition) is 8. The summed E-state index contributed by atoms with van der Waals surface area (Å²) in [6, 6.07) is 11.5. The highest BCUT2D eigenvalue weighted by Gasteiger charge is 2.30. The number of benzene rings is 2. The SMILES string of the molecule is CC(C)OC(=O)/C=C1\C[C@@H](c2ccc([N+](=O)[O-])cc2)O[C@@H](c2ccc([N+](=O)[O-])cc2)O1. The van der Waals surface area contributed by atoms with E-state index in [-0.39, 0.29) is 23.9 Å². The summed E-state index contributed by atoms with van der Waals surface area (Å²) in [4.78, 5) is 32.9. The molecule has 2 atom stereocenters. The van der Waals surface area contributed by atoms with Gasteiger partial charge in [-0.2, -0.15) is 0 Å². The first-order valence-corrected chi connectivity index (χ1v) is 9.45. The Morgan fingerprint density at radius 1 is 1.00 bits per heavy atom. The van der Waals surface area contributed by atoms with E-state index in [0.717, 1.165) is 0 Å². The monoisotopic (exact) mass is 428 g/mol. The molecule has 2 aromatic rings. The lowest BCUT2D eigenvalue weighted by Crippen LogP contribution is -2.21. The van der Waals surface area contributed by atoms with Gasteiger partial charge in [-0.3, -0.25) is 20.2 Å². The molecule has 3 rings (SSSR count). The molecule has 1 saturated heterocycles. The molecule has 1 fully saturated rings. The Hall–Kier alpha value is -3.79. The van der Waals surface area contributed by atoms with E-state index < -0.39 is 28.2 Å². The maximum Gasteiger partial charge on any atom is 0.334 e. The third kappa shape index (κ3) is 5.64. The van der Waals surface area contributed by atoms with Crippen molar-refractivity contribution in [1.82, 2.24) is 0 Å². The van der Waals surface area contributed by atoms with E-state index in [1.165, 1.54) is 42.5 Å². The average Bonchev–Trinajstić information content (AvgIpc) is 2.73. The molecule has 0 spiro atoms. The predicted molar refractivity (Wildman–Crippen MR) is 108 cm³/mol. The van der Waals surface area contributed by atoms with E-state index in [4.69, 9.17) is 14.2 Å². The van der Waals surface area contributed by atoms with E-state index in [2.05, 4.69) is 0 Å². The summed E-state index contributed by atoms with van der Waals surface area (Å²) in [5.74, 6) is -0.264. The molecule has 0 saturated carbocycles. The Labute approximate surface area is 177 Å². The van der Waals surface area contributed by atoms with Crippen LogP contribution in [0.5, 0.6) is 0 Å². The quantitative estimate of drug-likeness (QED) is 0.284. The van der Waals surface area contributed by atoms with Gasteiger partial charge in [0.25, 0.3) is 11.4 Å². The molecule has 0 amide bonds. The van der Waals surface area contributed by atoms with Gasteiger partial charge in [-0.1, -0.05) is 0 Å². The Bertz CT molecular complexity index is 932. The lowest BCUT2D eigenvalue weighted by atomic mass is 10.0. The van der Waals surface area contributed by atoms with Crippen LogP contribution >= 0.6 is 0 Å². The van der Waals surface area contributed by atoms with Crippen LogP contribution in [0.1, 0.15) is 43.8 Å². The second kappa shape index (κ2) is 9.35. The van der Waals surface area contributed by atoms with E-state index in [1.807, 2.05) is 0 Å². The Morgan fingerprint density at radius 2 is 1.52 bits per heavy atom. The number of hydrogen-bond donors (Lipinski definition) is 0. The van der Waals surface area contributed by atoms with Gasteiger partial charge in [-0.15, -0.1) is 0 Å². The highest BCUT2D eigenvalue weighted by Crippen LogP contribution is 2.40. The number of non-ortho nitro benzene ring substituents is 2. The van der Waals surface area contributed by atoms with Crippen molar-refractivity contribution in [3.05, 3.63) is 91.7 Å². The fraction of sp³-hybridized carbons (Fsp3) is 0.286. The molecule has 162 valence electrons. The van der Waals surface area contributed by atoms with Crippen LogP contribution in [0.4, 0.5) is 11.4 Å². The first-order chi connectivity index (χ1) is 14.7. The van der Waals surface area contributed by atoms with Crippen LogP contribution in [0, 0.1) is 20.2 Å². The van der Waals surface area contributed by atoms with Crippen molar-refractivity contribution in [3.63, 3.8) is 0 Å². The number of rotatable bonds is 6. The number of ether oxygens (including phenoxy) is 3. The lowest BCUT2D eigenvalue weighted by molar-refractivity contribution is -0.385. The van der Waals surface area contributed by atoms with Crippen molar-refractivity contribution in [2.24, 2.45) is 0 Å². The standard InChI is InChI=1S/C21H20N2O8/c1-13(2)29-20(24)12-18-11-19(14-3-7-16(8-4-14)22(25)26)31-21(30-18)15-5-9-17(10-6-15)23(27)28/h3-10,12-13,19,21H,11H2,1-2H3/b18-12+/t19-,21-/m0/s1. The van der Waals surface area contributed by atoms with Crippen molar-refractivity contribution >= 4 is 17.3 Å². The molecule has 1 aliphatic heterocycles. The van der Waals surface area contributed by atoms with Crippen molar-refractivity contribution in [2.45, 2.75) is 38.8 Å². The molecule has 10 nitrogen and oxygen atoms in total. The molecular formula is C21H20N2O8. The number of nitrogens with zero attached hydrogens (tertiary/aromatic N) is 2. The van der Waals surface area contributed by atoms with Crippen molar-refractivity contribution in [2.75, 3.05) is 0 Å². The van der Waals surface area contributed by atoms with Crippen LogP contribution in [0.25, 0.3) is 0 Å². The summed E-state index contributed by atoms with van der Waals surface area (Å²) in [6.07, 6.45) is -0.367. The number of carbonyl (C=O) groups excluding carboxylic acids is 1. The second-order valence-electron chi connectivity index (χ2n) is 7.07. The Kier molecular flexibility index (Phi) is 6.61. The minimum absolute atomic E-state index is 0.0565. The molecule has 1 aliphatic rings. The van der Waals surface area contributed by atoms with Gasteiger partial charge in [-0.25, -0.2) is 4.79 Å². The third-order valence-corrected chi connectivity index (χ3v) is 4.42. The summed E-state index contributed by atoms with van der Waals surface area (Å²) in [5, 5.41) is 21.8. The third-order valence-electron chi connectivity index (χ3n) is 4.42. The van der Waals surface area contributed by atoms with Crippen molar-refractivity contribution in [1.29, 1.82) is 0 Å². The zero-order valence-electron chi connectivity index (χ0n) is 16.8. The van der Waals surface area contributed by atoms with Crippen LogP contribution in [0.2, 0.25) is 0 Å². The Balaban J connectivity index is 1.89. The fourth-order valence-electron chi connectivity index (χ4n) is 2.99. The summed E-state index contributed by atoms with van der Waals surface area (Å²) in [6.45, 7) is 3.45. The smallest absolute Gasteiger partial charge is 0.334 e. The average molecular weight is 428 g/mol. The first-order valence-electron chi connectivity index (χ1n) is 9.45. The summed E-state index contributed by atoms with van der Waals surface area (Å²) >= 11 is 0. The molecule has 0 bridgehead atoms. The molecule has 0 N–H and O–H groups in total. The van der Waals surface area contributed by atoms with E-state index >= 15 is 0 Å². The number of carbonyl (C=O) groups is 1. The summed E-state index contributed by atoms with van der Waals surface area (Å²) in [7, 11) is 0. The first kappa shape index (κ1) is 21.9. The number of nitro benzene ring substituents is 2. The van der Waals surface area contributed by atoms with Crippen LogP contribution in [0.3, 0.4) is 0 Å². The van der Waals surface area contributed by atoms with Crippen LogP contribution < -0.4 is 0 Å². The molecule has 10 heteroatoms.